The molecule has 0 saturated heterocycles. The average Bonchev–Trinajstić information content (AvgIpc) is 3.18. The molecule has 138 valence electrons. The van der Waals surface area contributed by atoms with E-state index in [0.29, 0.717) is 5.56 Å². The van der Waals surface area contributed by atoms with E-state index in [4.69, 9.17) is 2.74 Å². The van der Waals surface area contributed by atoms with Crippen LogP contribution in [0.1, 0.15) is 29.9 Å². The van der Waals surface area contributed by atoms with E-state index in [1.165, 1.54) is 11.1 Å². The Morgan fingerprint density at radius 3 is 2.75 bits per heavy atom. The largest absolute Gasteiger partial charge is 0.328 e. The van der Waals surface area contributed by atoms with Gasteiger partial charge in [-0.25, -0.2) is 0 Å². The lowest BCUT2D eigenvalue weighted by Crippen LogP contribution is -2.23. The maximum absolute atomic E-state index is 12.7. The first-order chi connectivity index (χ1) is 14.3. The molecule has 0 N–H and O–H groups in total. The van der Waals surface area contributed by atoms with Crippen molar-refractivity contribution in [3.05, 3.63) is 83.3 Å². The lowest BCUT2D eigenvalue weighted by molar-refractivity contribution is 0.0766. The fourth-order valence-electron chi connectivity index (χ4n) is 3.69. The molecule has 1 aliphatic heterocycles. The number of rotatable bonds is 3. The Morgan fingerprint density at radius 2 is 1.96 bits per heavy atom. The van der Waals surface area contributed by atoms with Crippen LogP contribution < -0.4 is 0 Å². The molecule has 0 fully saturated rings. The number of aromatic nitrogens is 3. The van der Waals surface area contributed by atoms with Gasteiger partial charge in [0.15, 0.2) is 0 Å². The summed E-state index contributed by atoms with van der Waals surface area (Å²) in [5, 5.41) is 5.54. The van der Waals surface area contributed by atoms with Gasteiger partial charge in [-0.2, -0.15) is 5.10 Å². The fraction of sp³-hybridized carbons (Fsp3) is 0.174. The number of aryl methyl sites for hydroxylation is 2. The second-order valence-electron chi connectivity index (χ2n) is 7.13. The lowest BCUT2D eigenvalue weighted by Gasteiger charge is -2.16. The summed E-state index contributed by atoms with van der Waals surface area (Å²) >= 11 is 0. The summed E-state index contributed by atoms with van der Waals surface area (Å²) in [6.45, 7) is 0.330. The summed E-state index contributed by atoms with van der Waals surface area (Å²) in [7, 11) is 1.91. The topological polar surface area (TPSA) is 51.0 Å². The van der Waals surface area contributed by atoms with Crippen LogP contribution in [-0.2, 0) is 20.1 Å². The van der Waals surface area contributed by atoms with Crippen LogP contribution >= 0.6 is 0 Å². The molecule has 5 nitrogen and oxygen atoms in total. The molecule has 0 saturated carbocycles. The predicted molar refractivity (Wildman–Crippen MR) is 109 cm³/mol. The molecule has 0 spiro atoms. The molecule has 1 amide bonds. The Morgan fingerprint density at radius 1 is 1.14 bits per heavy atom. The van der Waals surface area contributed by atoms with Gasteiger partial charge in [0.1, 0.15) is 0 Å². The number of fused-ring (bicyclic) bond motifs is 2. The molecule has 2 aromatic heterocycles. The van der Waals surface area contributed by atoms with Gasteiger partial charge in [-0.15, -0.1) is 0 Å². The van der Waals surface area contributed by atoms with E-state index in [1.54, 1.807) is 12.1 Å². The number of hydrogen-bond donors (Lipinski definition) is 0. The van der Waals surface area contributed by atoms with E-state index in [2.05, 4.69) is 29.1 Å². The Balaban J connectivity index is 1.44. The minimum Gasteiger partial charge on any atom is -0.328 e. The van der Waals surface area contributed by atoms with E-state index in [9.17, 15) is 4.79 Å². The molecule has 0 bridgehead atoms. The third-order valence-electron chi connectivity index (χ3n) is 5.09. The van der Waals surface area contributed by atoms with Crippen LogP contribution in [0, 0.1) is 6.92 Å². The summed E-state index contributed by atoms with van der Waals surface area (Å²) in [6, 6.07) is 15.4. The highest BCUT2D eigenvalue weighted by atomic mass is 16.2. The number of nitrogens with zero attached hydrogens (tertiary/aromatic N) is 4. The van der Waals surface area contributed by atoms with Crippen molar-refractivity contribution in [1.29, 1.82) is 0 Å². The normalized spacial score (nSPS) is 16.2. The maximum atomic E-state index is 12.7. The van der Waals surface area contributed by atoms with Crippen LogP contribution in [0.4, 0.5) is 0 Å². The van der Waals surface area contributed by atoms with Crippen molar-refractivity contribution in [3.63, 3.8) is 0 Å². The number of carbonyl (C=O) groups is 1. The first-order valence-electron chi connectivity index (χ1n) is 10.2. The summed E-state index contributed by atoms with van der Waals surface area (Å²) in [6.07, 6.45) is 3.52. The lowest BCUT2D eigenvalue weighted by atomic mass is 9.98. The van der Waals surface area contributed by atoms with Crippen LogP contribution in [0.3, 0.4) is 0 Å². The summed E-state index contributed by atoms with van der Waals surface area (Å²) in [4.78, 5) is 18.1. The Hall–Kier alpha value is -3.47. The predicted octanol–water partition coefficient (Wildman–Crippen LogP) is 4.10. The zero-order valence-electron chi connectivity index (χ0n) is 17.7. The fourth-order valence-corrected chi connectivity index (χ4v) is 3.69. The molecule has 4 aromatic rings. The third-order valence-corrected chi connectivity index (χ3v) is 5.09. The third kappa shape index (κ3) is 2.76. The summed E-state index contributed by atoms with van der Waals surface area (Å²) in [5.74, 6) is -0.329. The highest BCUT2D eigenvalue weighted by Crippen LogP contribution is 2.29. The molecule has 0 atom stereocenters. The Kier molecular flexibility index (Phi) is 3.28. The van der Waals surface area contributed by atoms with Crippen molar-refractivity contribution in [2.24, 2.45) is 7.05 Å². The van der Waals surface area contributed by atoms with Crippen LogP contribution in [0.25, 0.3) is 22.0 Å². The molecule has 0 aliphatic carbocycles. The summed E-state index contributed by atoms with van der Waals surface area (Å²) < 4.78 is 18.6. The Labute approximate surface area is 166 Å². The maximum Gasteiger partial charge on any atom is 0.256 e. The van der Waals surface area contributed by atoms with Crippen molar-refractivity contribution < 1.29 is 7.54 Å². The van der Waals surface area contributed by atoms with Crippen LogP contribution in [0.2, 0.25) is 0 Å². The molecule has 2 aromatic carbocycles. The Bertz CT molecular complexity index is 1290. The van der Waals surface area contributed by atoms with Crippen LogP contribution in [-0.4, -0.2) is 25.6 Å². The molecule has 28 heavy (non-hydrogen) atoms. The first kappa shape index (κ1) is 14.6. The van der Waals surface area contributed by atoms with E-state index < -0.39 is 6.50 Å². The number of amides is 1. The average molecular weight is 370 g/mol. The standard InChI is InChI=1S/C23H20N4O/c1-15-10-21-18(13-26(2)25-21)11-20(15)17-7-5-16(6-8-17)12-27-14-22-19(23(27)28)4-3-9-24-22/h3-11,13H,12,14H2,1-2H3/i14D2. The molecule has 1 aliphatic rings. The second kappa shape index (κ2) is 6.30. The van der Waals surface area contributed by atoms with E-state index in [0.717, 1.165) is 33.2 Å². The molecule has 5 heteroatoms. The van der Waals surface area contributed by atoms with Gasteiger partial charge in [0.2, 0.25) is 0 Å². The van der Waals surface area contributed by atoms with E-state index in [-0.39, 0.29) is 18.1 Å². The van der Waals surface area contributed by atoms with E-state index in [1.807, 2.05) is 42.2 Å². The molecular formula is C23H20N4O. The van der Waals surface area contributed by atoms with Crippen molar-refractivity contribution in [2.75, 3.05) is 0 Å². The molecule has 0 radical (unpaired) electrons. The van der Waals surface area contributed by atoms with Crippen LogP contribution in [0.15, 0.2) is 60.9 Å². The first-order valence-corrected chi connectivity index (χ1v) is 9.15. The van der Waals surface area contributed by atoms with Gasteiger partial charge in [-0.05, 0) is 53.4 Å². The van der Waals surface area contributed by atoms with Crippen molar-refractivity contribution in [1.82, 2.24) is 19.7 Å². The van der Waals surface area contributed by atoms with Crippen molar-refractivity contribution in [2.45, 2.75) is 20.0 Å². The van der Waals surface area contributed by atoms with E-state index >= 15 is 0 Å². The van der Waals surface area contributed by atoms with Crippen LogP contribution in [0.5, 0.6) is 0 Å². The van der Waals surface area contributed by atoms with Gasteiger partial charge in [0.25, 0.3) is 5.91 Å². The zero-order valence-corrected chi connectivity index (χ0v) is 15.7. The minimum atomic E-state index is -1.92. The van der Waals surface area contributed by atoms with Gasteiger partial charge < -0.3 is 4.90 Å². The van der Waals surface area contributed by atoms with Gasteiger partial charge in [0, 0.05) is 31.4 Å². The SMILES string of the molecule is [2H]C1([2H])c2ncccc2C(=O)N1Cc1ccc(-c2cc3cn(C)nc3cc2C)cc1. The zero-order chi connectivity index (χ0) is 21.0. The van der Waals surface area contributed by atoms with Gasteiger partial charge in [0.05, 0.1) is 26.0 Å². The number of benzene rings is 2. The highest BCUT2D eigenvalue weighted by molar-refractivity contribution is 5.97. The smallest absolute Gasteiger partial charge is 0.256 e. The number of hydrogen-bond acceptors (Lipinski definition) is 3. The second-order valence-corrected chi connectivity index (χ2v) is 7.13. The molecular weight excluding hydrogens is 348 g/mol. The molecule has 0 unspecified atom stereocenters. The highest BCUT2D eigenvalue weighted by Gasteiger charge is 2.27. The quantitative estimate of drug-likeness (QED) is 0.546. The molecule has 3 heterocycles. The van der Waals surface area contributed by atoms with Crippen molar-refractivity contribution in [3.8, 4) is 11.1 Å². The number of pyridine rings is 1. The van der Waals surface area contributed by atoms with Crippen molar-refractivity contribution >= 4 is 16.8 Å². The van der Waals surface area contributed by atoms with Gasteiger partial charge in [-0.1, -0.05) is 24.3 Å². The van der Waals surface area contributed by atoms with Gasteiger partial charge >= 0.3 is 0 Å². The van der Waals surface area contributed by atoms with Gasteiger partial charge in [-0.3, -0.25) is 14.5 Å². The molecule has 5 rings (SSSR count). The summed E-state index contributed by atoms with van der Waals surface area (Å²) in [5.41, 5.74) is 5.70. The monoisotopic (exact) mass is 370 g/mol. The minimum absolute atomic E-state index is 0.184. The number of carbonyl (C=O) groups excluding carboxylic acids is 1.